The Balaban J connectivity index is 1.63. The zero-order chi connectivity index (χ0) is 25.2. The highest BCUT2D eigenvalue weighted by atomic mass is 79.9. The highest BCUT2D eigenvalue weighted by Gasteiger charge is 2.39. The van der Waals surface area contributed by atoms with Gasteiger partial charge in [-0.3, -0.25) is 9.69 Å². The number of benzene rings is 1. The van der Waals surface area contributed by atoms with E-state index in [1.54, 1.807) is 6.92 Å². The number of para-hydroxylation sites is 1. The molecule has 2 aliphatic heterocycles. The van der Waals surface area contributed by atoms with Gasteiger partial charge in [-0.05, 0) is 64.0 Å². The van der Waals surface area contributed by atoms with E-state index in [0.29, 0.717) is 12.3 Å². The van der Waals surface area contributed by atoms with Crippen molar-refractivity contribution in [1.82, 2.24) is 14.7 Å². The van der Waals surface area contributed by atoms with Crippen molar-refractivity contribution in [1.29, 1.82) is 0 Å². The second-order valence-electron chi connectivity index (χ2n) is 11.4. The first-order valence-electron chi connectivity index (χ1n) is 13.5. The van der Waals surface area contributed by atoms with Crippen LogP contribution in [-0.2, 0) is 4.79 Å². The molecule has 3 atom stereocenters. The van der Waals surface area contributed by atoms with Gasteiger partial charge in [-0.25, -0.2) is 4.99 Å². The van der Waals surface area contributed by atoms with Crippen LogP contribution in [0.3, 0.4) is 0 Å². The predicted octanol–water partition coefficient (Wildman–Crippen LogP) is 6.53. The maximum atomic E-state index is 12.5. The average Bonchev–Trinajstić information content (AvgIpc) is 2.81. The second-order valence-corrected chi connectivity index (χ2v) is 13.2. The van der Waals surface area contributed by atoms with Gasteiger partial charge in [0, 0.05) is 48.2 Å². The van der Waals surface area contributed by atoms with Crippen molar-refractivity contribution in [2.24, 2.45) is 16.8 Å². The van der Waals surface area contributed by atoms with E-state index in [2.05, 4.69) is 88.7 Å². The first-order chi connectivity index (χ1) is 16.7. The summed E-state index contributed by atoms with van der Waals surface area (Å²) < 4.78 is 0.110. The number of ketones is 1. The van der Waals surface area contributed by atoms with Crippen molar-refractivity contribution < 1.29 is 4.79 Å². The molecule has 0 N–H and O–H groups in total. The van der Waals surface area contributed by atoms with Crippen molar-refractivity contribution in [3.05, 3.63) is 41.6 Å². The van der Waals surface area contributed by atoms with Crippen molar-refractivity contribution in [3.8, 4) is 0 Å². The number of alkyl halides is 1. The summed E-state index contributed by atoms with van der Waals surface area (Å²) in [5.41, 5.74) is 3.49. The molecule has 1 fully saturated rings. The molecule has 192 valence electrons. The van der Waals surface area contributed by atoms with E-state index in [9.17, 15) is 4.79 Å². The van der Waals surface area contributed by atoms with Crippen LogP contribution in [0.2, 0.25) is 0 Å². The Bertz CT molecular complexity index is 961. The summed E-state index contributed by atoms with van der Waals surface area (Å²) in [7, 11) is 0. The molecule has 3 aliphatic rings. The van der Waals surface area contributed by atoms with E-state index < -0.39 is 0 Å². The van der Waals surface area contributed by atoms with E-state index >= 15 is 0 Å². The van der Waals surface area contributed by atoms with Crippen LogP contribution < -0.4 is 0 Å². The lowest BCUT2D eigenvalue weighted by Crippen LogP contribution is -2.55. The number of Topliss-reactive ketones (excluding diaryl/α,β-unsaturated/α-hetero) is 1. The highest BCUT2D eigenvalue weighted by Crippen LogP contribution is 2.45. The van der Waals surface area contributed by atoms with Gasteiger partial charge in [0.15, 0.2) is 0 Å². The standard InChI is InChI=1S/C29H43BrN4O/c1-21(2)9-8-14-32-15-17-33(18-16-32)28-31-26-11-7-6-10-25(26)27(20-23(4)35)34(28)24-12-13-29(5,30)22(3)19-24/h6-7,10-11,19,21-22,27H,8-9,12-18,20H2,1-5H3/t22-,27?,29-/m1/s1. The first-order valence-corrected chi connectivity index (χ1v) is 14.3. The number of guanidine groups is 1. The highest BCUT2D eigenvalue weighted by molar-refractivity contribution is 9.10. The van der Waals surface area contributed by atoms with E-state index in [-0.39, 0.29) is 16.1 Å². The minimum absolute atomic E-state index is 0.00148. The molecule has 0 aromatic heterocycles. The van der Waals surface area contributed by atoms with Gasteiger partial charge in [-0.15, -0.1) is 0 Å². The molecular weight excluding hydrogens is 500 g/mol. The van der Waals surface area contributed by atoms with Crippen LogP contribution in [0, 0.1) is 11.8 Å². The lowest BCUT2D eigenvalue weighted by atomic mass is 9.83. The van der Waals surface area contributed by atoms with Gasteiger partial charge in [0.1, 0.15) is 5.78 Å². The van der Waals surface area contributed by atoms with E-state index in [1.807, 2.05) is 0 Å². The van der Waals surface area contributed by atoms with E-state index in [0.717, 1.165) is 56.6 Å². The molecule has 6 heteroatoms. The Labute approximate surface area is 220 Å². The molecule has 1 unspecified atom stereocenters. The number of fused-ring (bicyclic) bond motifs is 1. The van der Waals surface area contributed by atoms with E-state index in [4.69, 9.17) is 4.99 Å². The maximum absolute atomic E-state index is 12.5. The lowest BCUT2D eigenvalue weighted by Gasteiger charge is -2.47. The number of nitrogens with zero attached hydrogens (tertiary/aromatic N) is 4. The van der Waals surface area contributed by atoms with Crippen LogP contribution in [-0.4, -0.2) is 63.5 Å². The fourth-order valence-electron chi connectivity index (χ4n) is 5.58. The number of piperazine rings is 1. The molecule has 1 aliphatic carbocycles. The SMILES string of the molecule is CC(=O)CC1c2ccccc2N=C(N2CCN(CCCC(C)C)CC2)N1C1=C[C@@H](C)[C@](C)(Br)CC1. The summed E-state index contributed by atoms with van der Waals surface area (Å²) >= 11 is 3.95. The summed E-state index contributed by atoms with van der Waals surface area (Å²) in [6.45, 7) is 16.2. The van der Waals surface area contributed by atoms with Gasteiger partial charge >= 0.3 is 0 Å². The average molecular weight is 544 g/mol. The topological polar surface area (TPSA) is 39.2 Å². The number of aliphatic imine (C=N–C) groups is 1. The molecule has 1 saturated heterocycles. The molecule has 1 aromatic rings. The molecule has 2 heterocycles. The van der Waals surface area contributed by atoms with Crippen LogP contribution >= 0.6 is 15.9 Å². The smallest absolute Gasteiger partial charge is 0.206 e. The van der Waals surface area contributed by atoms with Gasteiger partial charge < -0.3 is 9.80 Å². The molecule has 0 radical (unpaired) electrons. The molecule has 0 spiro atoms. The summed E-state index contributed by atoms with van der Waals surface area (Å²) in [5, 5.41) is 0. The number of hydrogen-bond donors (Lipinski definition) is 0. The largest absolute Gasteiger partial charge is 0.340 e. The number of hydrogen-bond acceptors (Lipinski definition) is 5. The molecule has 0 amide bonds. The molecule has 4 rings (SSSR count). The van der Waals surface area contributed by atoms with Gasteiger partial charge in [0.25, 0.3) is 0 Å². The quantitative estimate of drug-likeness (QED) is 0.367. The molecule has 5 nitrogen and oxygen atoms in total. The number of halogens is 1. The number of rotatable bonds is 7. The first kappa shape index (κ1) is 26.4. The van der Waals surface area contributed by atoms with Crippen molar-refractivity contribution in [2.75, 3.05) is 32.7 Å². The molecule has 35 heavy (non-hydrogen) atoms. The molecular formula is C29H43BrN4O. The third-order valence-corrected chi connectivity index (χ3v) is 9.12. The third kappa shape index (κ3) is 6.19. The fourth-order valence-corrected chi connectivity index (χ4v) is 5.91. The van der Waals surface area contributed by atoms with Crippen LogP contribution in [0.4, 0.5) is 5.69 Å². The Morgan fingerprint density at radius 1 is 1.20 bits per heavy atom. The van der Waals surface area contributed by atoms with Crippen molar-refractivity contribution in [3.63, 3.8) is 0 Å². The zero-order valence-electron chi connectivity index (χ0n) is 22.3. The third-order valence-electron chi connectivity index (χ3n) is 8.01. The Morgan fingerprint density at radius 3 is 2.57 bits per heavy atom. The fraction of sp³-hybridized carbons (Fsp3) is 0.655. The minimum Gasteiger partial charge on any atom is -0.340 e. The molecule has 0 saturated carbocycles. The van der Waals surface area contributed by atoms with E-state index in [1.165, 1.54) is 30.6 Å². The van der Waals surface area contributed by atoms with Crippen LogP contribution in [0.25, 0.3) is 0 Å². The Morgan fingerprint density at radius 2 is 1.91 bits per heavy atom. The normalized spacial score (nSPS) is 27.5. The zero-order valence-corrected chi connectivity index (χ0v) is 23.9. The van der Waals surface area contributed by atoms with Crippen LogP contribution in [0.5, 0.6) is 0 Å². The minimum atomic E-state index is -0.00148. The van der Waals surface area contributed by atoms with Crippen LogP contribution in [0.1, 0.15) is 78.3 Å². The summed E-state index contributed by atoms with van der Waals surface area (Å²) in [5.74, 6) is 2.43. The number of carbonyl (C=O) groups excluding carboxylic acids is 1. The van der Waals surface area contributed by atoms with Crippen molar-refractivity contribution in [2.45, 2.75) is 77.1 Å². The molecule has 1 aromatic carbocycles. The number of allylic oxidation sites excluding steroid dienone is 2. The maximum Gasteiger partial charge on any atom is 0.206 e. The van der Waals surface area contributed by atoms with Crippen molar-refractivity contribution >= 4 is 33.4 Å². The summed E-state index contributed by atoms with van der Waals surface area (Å²) in [6.07, 6.45) is 7.54. The Hall–Kier alpha value is -1.66. The van der Waals surface area contributed by atoms with Crippen LogP contribution in [0.15, 0.2) is 41.0 Å². The second kappa shape index (κ2) is 11.2. The number of carbonyl (C=O) groups is 1. The van der Waals surface area contributed by atoms with Gasteiger partial charge in [0.05, 0.1) is 11.7 Å². The monoisotopic (exact) mass is 542 g/mol. The van der Waals surface area contributed by atoms with Gasteiger partial charge in [-0.1, -0.05) is 61.0 Å². The lowest BCUT2D eigenvalue weighted by molar-refractivity contribution is -0.117. The summed E-state index contributed by atoms with van der Waals surface area (Å²) in [6, 6.07) is 8.40. The Kier molecular flexibility index (Phi) is 8.42. The predicted molar refractivity (Wildman–Crippen MR) is 149 cm³/mol. The van der Waals surface area contributed by atoms with Gasteiger partial charge in [0.2, 0.25) is 5.96 Å². The summed E-state index contributed by atoms with van der Waals surface area (Å²) in [4.78, 5) is 25.2. The van der Waals surface area contributed by atoms with Gasteiger partial charge in [-0.2, -0.15) is 0 Å². The molecule has 0 bridgehead atoms.